The van der Waals surface area contributed by atoms with E-state index in [2.05, 4.69) is 20.9 Å². The molecule has 0 radical (unpaired) electrons. The molecular weight excluding hydrogens is 534 g/mol. The Morgan fingerprint density at radius 2 is 1.51 bits per heavy atom. The van der Waals surface area contributed by atoms with Crippen molar-refractivity contribution in [2.45, 2.75) is 63.2 Å². The lowest BCUT2D eigenvalue weighted by atomic mass is 10.0. The van der Waals surface area contributed by atoms with Gasteiger partial charge in [-0.1, -0.05) is 42.5 Å². The number of carbonyl (C=O) groups is 5. The van der Waals surface area contributed by atoms with Gasteiger partial charge in [-0.25, -0.2) is 4.79 Å². The molecule has 41 heavy (non-hydrogen) atoms. The van der Waals surface area contributed by atoms with Crippen LogP contribution < -0.4 is 33.2 Å². The van der Waals surface area contributed by atoms with Crippen LogP contribution in [0.4, 0.5) is 0 Å². The van der Waals surface area contributed by atoms with Crippen LogP contribution in [-0.4, -0.2) is 76.5 Å². The smallest absolute Gasteiger partial charge is 0.326 e. The Bertz CT molecular complexity index is 1280. The van der Waals surface area contributed by atoms with E-state index >= 15 is 0 Å². The van der Waals surface area contributed by atoms with E-state index in [1.807, 2.05) is 42.5 Å². The van der Waals surface area contributed by atoms with Gasteiger partial charge in [0.25, 0.3) is 0 Å². The summed E-state index contributed by atoms with van der Waals surface area (Å²) < 4.78 is 0. The highest BCUT2D eigenvalue weighted by atomic mass is 16.4. The molecule has 14 heteroatoms. The molecule has 0 saturated carbocycles. The molecule has 3 amide bonds. The van der Waals surface area contributed by atoms with E-state index in [1.165, 1.54) is 6.92 Å². The minimum absolute atomic E-state index is 0.0772. The highest BCUT2D eigenvalue weighted by Crippen LogP contribution is 2.17. The Morgan fingerprint density at radius 1 is 0.854 bits per heavy atom. The van der Waals surface area contributed by atoms with Gasteiger partial charge in [-0.2, -0.15) is 0 Å². The fourth-order valence-corrected chi connectivity index (χ4v) is 3.94. The first kappa shape index (κ1) is 32.5. The number of benzene rings is 2. The van der Waals surface area contributed by atoms with Gasteiger partial charge in [0.2, 0.25) is 17.7 Å². The molecule has 0 saturated heterocycles. The monoisotopic (exact) mass is 571 g/mol. The maximum atomic E-state index is 13.3. The fourth-order valence-electron chi connectivity index (χ4n) is 3.94. The Kier molecular flexibility index (Phi) is 12.5. The number of aliphatic imine (C=N–C) groups is 1. The van der Waals surface area contributed by atoms with Crippen LogP contribution in [0.1, 0.15) is 38.2 Å². The van der Waals surface area contributed by atoms with E-state index in [4.69, 9.17) is 22.3 Å². The van der Waals surface area contributed by atoms with Crippen molar-refractivity contribution >= 4 is 46.4 Å². The van der Waals surface area contributed by atoms with Crippen molar-refractivity contribution in [1.29, 1.82) is 0 Å². The molecule has 11 N–H and O–H groups in total. The first-order valence-corrected chi connectivity index (χ1v) is 13.0. The zero-order valence-electron chi connectivity index (χ0n) is 22.7. The van der Waals surface area contributed by atoms with E-state index in [-0.39, 0.29) is 31.8 Å². The predicted molar refractivity (Wildman–Crippen MR) is 152 cm³/mol. The SMILES string of the molecule is C[C@@H](NC(=O)[C@H](Cc1ccc2ccccc2c1)NC(=O)[C@H](N)CCCN=C(N)N)C(=O)N[C@H](CCC(=O)O)C(=O)O. The summed E-state index contributed by atoms with van der Waals surface area (Å²) >= 11 is 0. The highest BCUT2D eigenvalue weighted by Gasteiger charge is 2.29. The number of carbonyl (C=O) groups excluding carboxylic acids is 3. The molecule has 14 nitrogen and oxygen atoms in total. The maximum absolute atomic E-state index is 13.3. The van der Waals surface area contributed by atoms with Crippen LogP contribution in [0.25, 0.3) is 10.8 Å². The molecule has 4 atom stereocenters. The Labute approximate surface area is 236 Å². The van der Waals surface area contributed by atoms with Crippen molar-refractivity contribution in [1.82, 2.24) is 16.0 Å². The average molecular weight is 572 g/mol. The molecule has 0 aliphatic rings. The van der Waals surface area contributed by atoms with Crippen molar-refractivity contribution in [3.05, 3.63) is 48.0 Å². The van der Waals surface area contributed by atoms with Gasteiger partial charge in [0.1, 0.15) is 18.1 Å². The molecular formula is C27H37N7O7. The maximum Gasteiger partial charge on any atom is 0.326 e. The summed E-state index contributed by atoms with van der Waals surface area (Å²) in [6.07, 6.45) is -0.0484. The molecule has 2 aromatic rings. The van der Waals surface area contributed by atoms with Gasteiger partial charge < -0.3 is 43.4 Å². The van der Waals surface area contributed by atoms with Crippen LogP contribution in [0.15, 0.2) is 47.5 Å². The minimum Gasteiger partial charge on any atom is -0.481 e. The van der Waals surface area contributed by atoms with Crippen molar-refractivity contribution in [2.24, 2.45) is 22.2 Å². The summed E-state index contributed by atoms with van der Waals surface area (Å²) in [5.74, 6) is -4.82. The highest BCUT2D eigenvalue weighted by molar-refractivity contribution is 5.94. The molecule has 2 aromatic carbocycles. The number of nitrogens with zero attached hydrogens (tertiary/aromatic N) is 1. The number of amides is 3. The van der Waals surface area contributed by atoms with Crippen LogP contribution in [0.2, 0.25) is 0 Å². The number of fused-ring (bicyclic) bond motifs is 1. The van der Waals surface area contributed by atoms with Crippen LogP contribution in [0, 0.1) is 0 Å². The van der Waals surface area contributed by atoms with E-state index < -0.39 is 60.2 Å². The summed E-state index contributed by atoms with van der Waals surface area (Å²) in [6.45, 7) is 1.62. The number of nitrogens with one attached hydrogen (secondary N) is 3. The largest absolute Gasteiger partial charge is 0.481 e. The quantitative estimate of drug-likeness (QED) is 0.0706. The number of guanidine groups is 1. The molecule has 2 rings (SSSR count). The average Bonchev–Trinajstić information content (AvgIpc) is 2.92. The van der Waals surface area contributed by atoms with Crippen LogP contribution in [-0.2, 0) is 30.4 Å². The molecule has 222 valence electrons. The van der Waals surface area contributed by atoms with Gasteiger partial charge in [-0.05, 0) is 42.5 Å². The van der Waals surface area contributed by atoms with Crippen LogP contribution >= 0.6 is 0 Å². The molecule has 0 aliphatic carbocycles. The van der Waals surface area contributed by atoms with Crippen LogP contribution in [0.5, 0.6) is 0 Å². The standard InChI is InChI=1S/C27H37N7O7/c1-15(23(37)33-20(26(40)41)10-11-22(35)36)32-25(39)21(34-24(38)19(28)7-4-12-31-27(29)30)14-16-8-9-17-5-2-3-6-18(17)13-16/h2-3,5-6,8-9,13,15,19-21H,4,7,10-12,14,28H2,1H3,(H,32,39)(H,33,37)(H,34,38)(H,35,36)(H,40,41)(H4,29,30,31)/t15-,19-,20-,21+/m1/s1. The van der Waals surface area contributed by atoms with Gasteiger partial charge >= 0.3 is 11.9 Å². The summed E-state index contributed by atoms with van der Waals surface area (Å²) in [7, 11) is 0. The summed E-state index contributed by atoms with van der Waals surface area (Å²) in [5, 5.41) is 27.4. The number of nitrogens with two attached hydrogens (primary N) is 3. The first-order chi connectivity index (χ1) is 19.4. The summed E-state index contributed by atoms with van der Waals surface area (Å²) in [4.78, 5) is 64.8. The number of hydrogen-bond acceptors (Lipinski definition) is 7. The molecule has 0 spiro atoms. The lowest BCUT2D eigenvalue weighted by Gasteiger charge is -2.24. The second kappa shape index (κ2) is 15.8. The van der Waals surface area contributed by atoms with E-state index in [1.54, 1.807) is 0 Å². The van der Waals surface area contributed by atoms with Gasteiger partial charge in [0.05, 0.1) is 6.04 Å². The topological polar surface area (TPSA) is 252 Å². The molecule has 0 unspecified atom stereocenters. The predicted octanol–water partition coefficient (Wildman–Crippen LogP) is -0.813. The Balaban J connectivity index is 2.15. The number of carboxylic acids is 2. The van der Waals surface area contributed by atoms with Crippen molar-refractivity contribution in [3.8, 4) is 0 Å². The summed E-state index contributed by atoms with van der Waals surface area (Å²) in [6, 6.07) is 8.48. The van der Waals surface area contributed by atoms with E-state index in [0.717, 1.165) is 16.3 Å². The van der Waals surface area contributed by atoms with Gasteiger partial charge in [-0.3, -0.25) is 24.2 Å². The van der Waals surface area contributed by atoms with Crippen LogP contribution in [0.3, 0.4) is 0 Å². The molecule has 0 heterocycles. The second-order valence-electron chi connectivity index (χ2n) is 9.56. The first-order valence-electron chi connectivity index (χ1n) is 13.0. The molecule has 0 aliphatic heterocycles. The van der Waals surface area contributed by atoms with Gasteiger partial charge in [-0.15, -0.1) is 0 Å². The van der Waals surface area contributed by atoms with E-state index in [0.29, 0.717) is 6.42 Å². The Hall–Kier alpha value is -4.72. The molecule has 0 fully saturated rings. The zero-order chi connectivity index (χ0) is 30.5. The zero-order valence-corrected chi connectivity index (χ0v) is 22.7. The third-order valence-corrected chi connectivity index (χ3v) is 6.20. The third kappa shape index (κ3) is 11.1. The van der Waals surface area contributed by atoms with Crippen molar-refractivity contribution in [3.63, 3.8) is 0 Å². The van der Waals surface area contributed by atoms with Gasteiger partial charge in [0.15, 0.2) is 5.96 Å². The lowest BCUT2D eigenvalue weighted by Crippen LogP contribution is -2.56. The molecule has 0 bridgehead atoms. The minimum atomic E-state index is -1.46. The number of hydrogen-bond donors (Lipinski definition) is 8. The summed E-state index contributed by atoms with van der Waals surface area (Å²) in [5.41, 5.74) is 17.3. The fraction of sp³-hybridized carbons (Fsp3) is 0.407. The Morgan fingerprint density at radius 3 is 2.15 bits per heavy atom. The lowest BCUT2D eigenvalue weighted by molar-refractivity contribution is -0.143. The second-order valence-corrected chi connectivity index (χ2v) is 9.56. The van der Waals surface area contributed by atoms with Crippen molar-refractivity contribution in [2.75, 3.05) is 6.54 Å². The normalized spacial score (nSPS) is 13.7. The number of carboxylic acid groups (broad SMARTS) is 2. The number of rotatable bonds is 16. The number of aliphatic carboxylic acids is 2. The third-order valence-electron chi connectivity index (χ3n) is 6.20. The van der Waals surface area contributed by atoms with Crippen molar-refractivity contribution < 1.29 is 34.2 Å². The van der Waals surface area contributed by atoms with E-state index in [9.17, 15) is 29.1 Å². The van der Waals surface area contributed by atoms with Gasteiger partial charge in [0, 0.05) is 19.4 Å². The molecule has 0 aromatic heterocycles.